The summed E-state index contributed by atoms with van der Waals surface area (Å²) in [4.78, 5) is 28.5. The number of halogens is 1. The highest BCUT2D eigenvalue weighted by Crippen LogP contribution is 2.36. The van der Waals surface area contributed by atoms with Crippen molar-refractivity contribution in [2.24, 2.45) is 10.6 Å². The standard InChI is InChI=1S/C34H45ClN6O6/c1-23(2)47-40-24(3)38-33(42)39-28-10-7-9-25(11-12-27(28)35)46-32-26-19-30(43-6)31(20-29(26)36-22-37-32)45-17-8-15-41(5)16-13-34(4)14-18-44-21-34/h9-12,19-20,22,27H,1,7-8,13-18,21H2,2-6H3,(H2,38,39,40,42)/b12-11?,25-9+,28-10+. The minimum absolute atomic E-state index is 0.264. The SMILES string of the molecule is C=C(C)O/N=C(\C)NC(=O)N/C1=C/C/C=C(/Oc2ncnc3cc(OCCCN(C)CCC4(C)CCOC4)c(OC)cc23)C=CC1Cl. The zero-order valence-corrected chi connectivity index (χ0v) is 28.6. The predicted molar refractivity (Wildman–Crippen MR) is 183 cm³/mol. The second-order valence-corrected chi connectivity index (χ2v) is 12.5. The fourth-order valence-electron chi connectivity index (χ4n) is 4.96. The summed E-state index contributed by atoms with van der Waals surface area (Å²) in [6.45, 7) is 13.4. The molecule has 1 saturated heterocycles. The lowest BCUT2D eigenvalue weighted by Gasteiger charge is -2.25. The molecule has 2 N–H and O–H groups in total. The fraction of sp³-hybridized carbons (Fsp3) is 0.471. The van der Waals surface area contributed by atoms with Crippen LogP contribution in [0.3, 0.4) is 0 Å². The third kappa shape index (κ3) is 11.0. The highest BCUT2D eigenvalue weighted by Gasteiger charge is 2.29. The number of oxime groups is 1. The summed E-state index contributed by atoms with van der Waals surface area (Å²) < 4.78 is 23.6. The zero-order valence-electron chi connectivity index (χ0n) is 27.8. The smallest absolute Gasteiger partial charge is 0.324 e. The first-order valence-corrected chi connectivity index (χ1v) is 16.1. The van der Waals surface area contributed by atoms with Crippen LogP contribution in [0.4, 0.5) is 4.79 Å². The van der Waals surface area contributed by atoms with E-state index in [0.29, 0.717) is 58.5 Å². The van der Waals surface area contributed by atoms with E-state index in [4.69, 9.17) is 35.4 Å². The van der Waals surface area contributed by atoms with Crippen molar-refractivity contribution < 1.29 is 28.6 Å². The molecule has 1 fully saturated rings. The summed E-state index contributed by atoms with van der Waals surface area (Å²) in [5.74, 6) is 2.73. The molecule has 2 amide bonds. The number of ether oxygens (including phenoxy) is 4. The molecule has 1 aliphatic heterocycles. The second kappa shape index (κ2) is 17.1. The Morgan fingerprint density at radius 1 is 1.23 bits per heavy atom. The van der Waals surface area contributed by atoms with Gasteiger partial charge in [0.05, 0.1) is 36.6 Å². The molecule has 1 aromatic carbocycles. The number of allylic oxidation sites excluding steroid dienone is 5. The van der Waals surface area contributed by atoms with Crippen molar-refractivity contribution in [3.05, 3.63) is 66.6 Å². The Morgan fingerprint density at radius 3 is 2.81 bits per heavy atom. The van der Waals surface area contributed by atoms with Crippen molar-refractivity contribution in [1.29, 1.82) is 0 Å². The number of urea groups is 1. The van der Waals surface area contributed by atoms with Crippen molar-refractivity contribution in [3.8, 4) is 17.4 Å². The van der Waals surface area contributed by atoms with Gasteiger partial charge in [0.25, 0.3) is 0 Å². The number of fused-ring (bicyclic) bond motifs is 1. The highest BCUT2D eigenvalue weighted by molar-refractivity contribution is 6.23. The number of aromatic nitrogens is 2. The van der Waals surface area contributed by atoms with E-state index in [-0.39, 0.29) is 11.3 Å². The minimum Gasteiger partial charge on any atom is -0.493 e. The van der Waals surface area contributed by atoms with E-state index in [9.17, 15) is 4.79 Å². The summed E-state index contributed by atoms with van der Waals surface area (Å²) in [7, 11) is 3.75. The maximum absolute atomic E-state index is 12.4. The molecule has 0 radical (unpaired) electrons. The normalized spacial score (nSPS) is 22.0. The summed E-state index contributed by atoms with van der Waals surface area (Å²) >= 11 is 6.57. The average molecular weight is 669 g/mol. The first kappa shape index (κ1) is 35.7. The highest BCUT2D eigenvalue weighted by atomic mass is 35.5. The second-order valence-electron chi connectivity index (χ2n) is 12.0. The Kier molecular flexibility index (Phi) is 13.0. The lowest BCUT2D eigenvalue weighted by atomic mass is 9.86. The van der Waals surface area contributed by atoms with Crippen LogP contribution in [-0.2, 0) is 9.57 Å². The number of hydrogen-bond donors (Lipinski definition) is 2. The quantitative estimate of drug-likeness (QED) is 0.0617. The topological polar surface area (TPSA) is 129 Å². The lowest BCUT2D eigenvalue weighted by Crippen LogP contribution is -2.39. The van der Waals surface area contributed by atoms with Gasteiger partial charge in [0.15, 0.2) is 11.5 Å². The Morgan fingerprint density at radius 2 is 2.06 bits per heavy atom. The van der Waals surface area contributed by atoms with Crippen molar-refractivity contribution in [3.63, 3.8) is 0 Å². The molecule has 2 atom stereocenters. The molecule has 0 bridgehead atoms. The number of carbonyl (C=O) groups excluding carboxylic acids is 1. The van der Waals surface area contributed by atoms with Crippen LogP contribution in [0, 0.1) is 5.41 Å². The van der Waals surface area contributed by atoms with Gasteiger partial charge in [0.2, 0.25) is 5.88 Å². The molecule has 1 aromatic heterocycles. The first-order valence-electron chi connectivity index (χ1n) is 15.6. The molecule has 0 spiro atoms. The molecule has 2 aliphatic rings. The molecule has 47 heavy (non-hydrogen) atoms. The number of methoxy groups -OCH3 is 1. The molecular formula is C34H45ClN6O6. The molecule has 0 saturated carbocycles. The number of amidine groups is 1. The van der Waals surface area contributed by atoms with Crippen LogP contribution in [-0.4, -0.2) is 79.2 Å². The monoisotopic (exact) mass is 668 g/mol. The number of benzene rings is 1. The number of carbonyl (C=O) groups is 1. The van der Waals surface area contributed by atoms with Gasteiger partial charge in [-0.2, -0.15) is 0 Å². The molecule has 4 rings (SSSR count). The molecule has 13 heteroatoms. The van der Waals surface area contributed by atoms with Crippen molar-refractivity contribution in [2.45, 2.75) is 51.8 Å². The van der Waals surface area contributed by atoms with E-state index in [1.165, 1.54) is 6.33 Å². The number of hydrogen-bond acceptors (Lipinski definition) is 10. The number of nitrogens with one attached hydrogen (secondary N) is 2. The zero-order chi connectivity index (χ0) is 33.8. The first-order chi connectivity index (χ1) is 22.5. The van der Waals surface area contributed by atoms with E-state index < -0.39 is 11.4 Å². The van der Waals surface area contributed by atoms with E-state index in [2.05, 4.69) is 51.2 Å². The van der Waals surface area contributed by atoms with Gasteiger partial charge in [-0.1, -0.05) is 30.8 Å². The third-order valence-electron chi connectivity index (χ3n) is 7.71. The van der Waals surface area contributed by atoms with E-state index in [1.54, 1.807) is 39.2 Å². The largest absolute Gasteiger partial charge is 0.493 e. The van der Waals surface area contributed by atoms with Crippen LogP contribution in [0.15, 0.2) is 71.7 Å². The van der Waals surface area contributed by atoms with Gasteiger partial charge in [-0.3, -0.25) is 5.32 Å². The average Bonchev–Trinajstić information content (AvgIpc) is 3.48. The molecule has 1 aliphatic carbocycles. The number of nitrogens with zero attached hydrogens (tertiary/aromatic N) is 4. The van der Waals surface area contributed by atoms with Gasteiger partial charge < -0.3 is 34.0 Å². The Labute approximate surface area is 281 Å². The van der Waals surface area contributed by atoms with E-state index in [1.807, 2.05) is 18.2 Å². The van der Waals surface area contributed by atoms with Crippen LogP contribution >= 0.6 is 11.6 Å². The summed E-state index contributed by atoms with van der Waals surface area (Å²) in [6.07, 6.45) is 12.1. The lowest BCUT2D eigenvalue weighted by molar-refractivity contribution is 0.145. The molecule has 2 aromatic rings. The number of alkyl halides is 1. The van der Waals surface area contributed by atoms with Crippen LogP contribution in [0.1, 0.15) is 46.5 Å². The molecule has 2 unspecified atom stereocenters. The van der Waals surface area contributed by atoms with Gasteiger partial charge >= 0.3 is 6.03 Å². The van der Waals surface area contributed by atoms with Gasteiger partial charge in [-0.15, -0.1) is 11.6 Å². The summed E-state index contributed by atoms with van der Waals surface area (Å²) in [5.41, 5.74) is 1.46. The van der Waals surface area contributed by atoms with Crippen molar-refractivity contribution in [1.82, 2.24) is 25.5 Å². The van der Waals surface area contributed by atoms with Crippen LogP contribution in [0.2, 0.25) is 0 Å². The number of amides is 2. The third-order valence-corrected chi connectivity index (χ3v) is 8.09. The Hall–Kier alpha value is -4.13. The maximum Gasteiger partial charge on any atom is 0.324 e. The van der Waals surface area contributed by atoms with Gasteiger partial charge in [-0.05, 0) is 76.8 Å². The Bertz CT molecular complexity index is 1530. The minimum atomic E-state index is -0.621. The summed E-state index contributed by atoms with van der Waals surface area (Å²) in [5, 5.41) is 9.13. The summed E-state index contributed by atoms with van der Waals surface area (Å²) in [6, 6.07) is 3.16. The van der Waals surface area contributed by atoms with Crippen molar-refractivity contribution in [2.75, 3.05) is 47.1 Å². The fourth-order valence-corrected chi connectivity index (χ4v) is 5.17. The maximum atomic E-state index is 12.4. The molecule has 12 nitrogen and oxygen atoms in total. The number of rotatable bonds is 14. The molecule has 2 heterocycles. The van der Waals surface area contributed by atoms with Crippen LogP contribution < -0.4 is 24.8 Å². The predicted octanol–water partition coefficient (Wildman–Crippen LogP) is 6.05. The van der Waals surface area contributed by atoms with Gasteiger partial charge in [0.1, 0.15) is 23.7 Å². The van der Waals surface area contributed by atoms with Crippen LogP contribution in [0.5, 0.6) is 17.4 Å². The van der Waals surface area contributed by atoms with Crippen LogP contribution in [0.25, 0.3) is 10.9 Å². The molecule has 254 valence electrons. The Balaban J connectivity index is 1.34. The van der Waals surface area contributed by atoms with E-state index >= 15 is 0 Å². The van der Waals surface area contributed by atoms with Gasteiger partial charge in [-0.25, -0.2) is 14.8 Å². The molecular weight excluding hydrogens is 624 g/mol. The van der Waals surface area contributed by atoms with Gasteiger partial charge in [0, 0.05) is 24.9 Å². The van der Waals surface area contributed by atoms with E-state index in [0.717, 1.165) is 45.6 Å². The van der Waals surface area contributed by atoms with Crippen molar-refractivity contribution >= 4 is 34.4 Å².